The number of hydrogen-bond acceptors (Lipinski definition) is 5. The molecular weight excluding hydrogens is 318 g/mol. The fourth-order valence-corrected chi connectivity index (χ4v) is 3.11. The van der Waals surface area contributed by atoms with Crippen molar-refractivity contribution in [2.24, 2.45) is 0 Å². The van der Waals surface area contributed by atoms with Gasteiger partial charge in [-0.1, -0.05) is 18.2 Å². The standard InChI is InChI=1S/C15H17N3O4S/c1-17(2)23(21,22)15-6-4-3-5-12(15)11-16-13-7-9-14(10-8-13)18(19)20/h3-10,16H,11H2,1-2H3. The molecule has 8 heteroatoms. The van der Waals surface area contributed by atoms with Crippen molar-refractivity contribution in [2.75, 3.05) is 19.4 Å². The molecule has 1 N–H and O–H groups in total. The van der Waals surface area contributed by atoms with E-state index in [1.807, 2.05) is 0 Å². The fourth-order valence-electron chi connectivity index (χ4n) is 2.00. The van der Waals surface area contributed by atoms with Crippen molar-refractivity contribution in [3.63, 3.8) is 0 Å². The second-order valence-electron chi connectivity index (χ2n) is 5.05. The molecule has 0 fully saturated rings. The van der Waals surface area contributed by atoms with E-state index in [1.165, 1.54) is 26.2 Å². The summed E-state index contributed by atoms with van der Waals surface area (Å²) in [5.74, 6) is 0. The summed E-state index contributed by atoms with van der Waals surface area (Å²) >= 11 is 0. The predicted octanol–water partition coefficient (Wildman–Crippen LogP) is 2.46. The van der Waals surface area contributed by atoms with E-state index in [0.717, 1.165) is 4.31 Å². The van der Waals surface area contributed by atoms with Gasteiger partial charge < -0.3 is 5.32 Å². The summed E-state index contributed by atoms with van der Waals surface area (Å²) in [4.78, 5) is 10.4. The van der Waals surface area contributed by atoms with Crippen molar-refractivity contribution in [1.82, 2.24) is 4.31 Å². The highest BCUT2D eigenvalue weighted by atomic mass is 32.2. The van der Waals surface area contributed by atoms with Gasteiger partial charge in [-0.3, -0.25) is 10.1 Å². The smallest absolute Gasteiger partial charge is 0.269 e. The van der Waals surface area contributed by atoms with Crippen LogP contribution in [0.2, 0.25) is 0 Å². The molecule has 0 atom stereocenters. The first-order chi connectivity index (χ1) is 10.8. The van der Waals surface area contributed by atoms with Crippen LogP contribution in [-0.2, 0) is 16.6 Å². The number of nitro benzene ring substituents is 1. The third kappa shape index (κ3) is 3.85. The van der Waals surface area contributed by atoms with E-state index in [-0.39, 0.29) is 10.6 Å². The van der Waals surface area contributed by atoms with Gasteiger partial charge in [0.05, 0.1) is 9.82 Å². The van der Waals surface area contributed by atoms with E-state index in [2.05, 4.69) is 5.32 Å². The summed E-state index contributed by atoms with van der Waals surface area (Å²) in [7, 11) is -0.562. The molecule has 0 aliphatic rings. The molecule has 2 aromatic rings. The molecule has 0 saturated heterocycles. The van der Waals surface area contributed by atoms with Crippen LogP contribution >= 0.6 is 0 Å². The second-order valence-corrected chi connectivity index (χ2v) is 7.17. The maximum absolute atomic E-state index is 12.3. The number of nitro groups is 1. The number of hydrogen-bond donors (Lipinski definition) is 1. The highest BCUT2D eigenvalue weighted by Gasteiger charge is 2.20. The summed E-state index contributed by atoms with van der Waals surface area (Å²) < 4.78 is 25.8. The highest BCUT2D eigenvalue weighted by Crippen LogP contribution is 2.21. The zero-order valence-electron chi connectivity index (χ0n) is 12.8. The number of benzene rings is 2. The SMILES string of the molecule is CN(C)S(=O)(=O)c1ccccc1CNc1ccc([N+](=O)[O-])cc1. The molecule has 0 aliphatic heterocycles. The van der Waals surface area contributed by atoms with Crippen molar-refractivity contribution in [2.45, 2.75) is 11.4 Å². The van der Waals surface area contributed by atoms with Crippen LogP contribution in [0.15, 0.2) is 53.4 Å². The molecular formula is C15H17N3O4S. The Morgan fingerprint density at radius 3 is 2.26 bits per heavy atom. The number of non-ortho nitro benzene ring substituents is 1. The lowest BCUT2D eigenvalue weighted by atomic mass is 10.2. The first-order valence-corrected chi connectivity index (χ1v) is 8.25. The van der Waals surface area contributed by atoms with Crippen LogP contribution < -0.4 is 5.32 Å². The lowest BCUT2D eigenvalue weighted by molar-refractivity contribution is -0.384. The monoisotopic (exact) mass is 335 g/mol. The molecule has 2 rings (SSSR count). The molecule has 7 nitrogen and oxygen atoms in total. The summed E-state index contributed by atoms with van der Waals surface area (Å²) in [5.41, 5.74) is 1.30. The first-order valence-electron chi connectivity index (χ1n) is 6.81. The molecule has 0 heterocycles. The first kappa shape index (κ1) is 16.9. The summed E-state index contributed by atoms with van der Waals surface area (Å²) in [6, 6.07) is 12.7. The zero-order valence-corrected chi connectivity index (χ0v) is 13.6. The van der Waals surface area contributed by atoms with E-state index >= 15 is 0 Å². The Bertz CT molecular complexity index is 802. The van der Waals surface area contributed by atoms with Gasteiger partial charge in [0, 0.05) is 38.5 Å². The largest absolute Gasteiger partial charge is 0.381 e. The Morgan fingerprint density at radius 1 is 1.09 bits per heavy atom. The minimum atomic E-state index is -3.53. The Morgan fingerprint density at radius 2 is 1.70 bits per heavy atom. The van der Waals surface area contributed by atoms with Gasteiger partial charge in [0.25, 0.3) is 5.69 Å². The number of rotatable bonds is 6. The molecule has 0 spiro atoms. The number of nitrogens with zero attached hydrogens (tertiary/aromatic N) is 2. The van der Waals surface area contributed by atoms with Gasteiger partial charge in [0.1, 0.15) is 0 Å². The Balaban J connectivity index is 2.20. The molecule has 0 bridgehead atoms. The Kier molecular flexibility index (Phi) is 4.97. The van der Waals surface area contributed by atoms with Gasteiger partial charge in [-0.05, 0) is 23.8 Å². The van der Waals surface area contributed by atoms with Gasteiger partial charge in [-0.2, -0.15) is 0 Å². The van der Waals surface area contributed by atoms with Crippen molar-refractivity contribution in [3.8, 4) is 0 Å². The lowest BCUT2D eigenvalue weighted by Crippen LogP contribution is -2.23. The third-order valence-electron chi connectivity index (χ3n) is 3.29. The van der Waals surface area contributed by atoms with Crippen molar-refractivity contribution in [3.05, 3.63) is 64.2 Å². The predicted molar refractivity (Wildman–Crippen MR) is 87.7 cm³/mol. The van der Waals surface area contributed by atoms with Crippen LogP contribution in [0, 0.1) is 10.1 Å². The van der Waals surface area contributed by atoms with Crippen molar-refractivity contribution in [1.29, 1.82) is 0 Å². The van der Waals surface area contributed by atoms with Crippen molar-refractivity contribution >= 4 is 21.4 Å². The fraction of sp³-hybridized carbons (Fsp3) is 0.200. The topological polar surface area (TPSA) is 92.6 Å². The maximum Gasteiger partial charge on any atom is 0.269 e. The van der Waals surface area contributed by atoms with Gasteiger partial charge in [0.2, 0.25) is 10.0 Å². The van der Waals surface area contributed by atoms with E-state index in [1.54, 1.807) is 36.4 Å². The van der Waals surface area contributed by atoms with Crippen LogP contribution in [0.4, 0.5) is 11.4 Å². The minimum absolute atomic E-state index is 0.00568. The Labute approximate surface area is 134 Å². The van der Waals surface area contributed by atoms with E-state index in [0.29, 0.717) is 17.8 Å². The molecule has 122 valence electrons. The van der Waals surface area contributed by atoms with Crippen LogP contribution in [0.25, 0.3) is 0 Å². The number of anilines is 1. The van der Waals surface area contributed by atoms with Gasteiger partial charge in [-0.25, -0.2) is 12.7 Å². The zero-order chi connectivity index (χ0) is 17.0. The lowest BCUT2D eigenvalue weighted by Gasteiger charge is -2.15. The highest BCUT2D eigenvalue weighted by molar-refractivity contribution is 7.89. The summed E-state index contributed by atoms with van der Waals surface area (Å²) in [5, 5.41) is 13.7. The molecule has 0 aliphatic carbocycles. The van der Waals surface area contributed by atoms with Crippen LogP contribution in [0.1, 0.15) is 5.56 Å². The third-order valence-corrected chi connectivity index (χ3v) is 5.21. The number of nitrogens with one attached hydrogen (secondary N) is 1. The van der Waals surface area contributed by atoms with Gasteiger partial charge in [-0.15, -0.1) is 0 Å². The molecule has 2 aromatic carbocycles. The normalized spacial score (nSPS) is 11.4. The average molecular weight is 335 g/mol. The van der Waals surface area contributed by atoms with E-state index < -0.39 is 14.9 Å². The van der Waals surface area contributed by atoms with Crippen LogP contribution in [-0.4, -0.2) is 31.7 Å². The van der Waals surface area contributed by atoms with Gasteiger partial charge >= 0.3 is 0 Å². The van der Waals surface area contributed by atoms with Crippen LogP contribution in [0.3, 0.4) is 0 Å². The second kappa shape index (κ2) is 6.76. The molecule has 0 aromatic heterocycles. The molecule has 0 saturated carbocycles. The van der Waals surface area contributed by atoms with E-state index in [9.17, 15) is 18.5 Å². The quantitative estimate of drug-likeness (QED) is 0.646. The molecule has 0 unspecified atom stereocenters. The van der Waals surface area contributed by atoms with Crippen LogP contribution in [0.5, 0.6) is 0 Å². The molecule has 0 radical (unpaired) electrons. The minimum Gasteiger partial charge on any atom is -0.381 e. The van der Waals surface area contributed by atoms with Crippen molar-refractivity contribution < 1.29 is 13.3 Å². The van der Waals surface area contributed by atoms with E-state index in [4.69, 9.17) is 0 Å². The summed E-state index contributed by atoms with van der Waals surface area (Å²) in [6.07, 6.45) is 0. The molecule has 23 heavy (non-hydrogen) atoms. The Hall–Kier alpha value is -2.45. The van der Waals surface area contributed by atoms with Gasteiger partial charge in [0.15, 0.2) is 0 Å². The average Bonchev–Trinajstić information content (AvgIpc) is 2.53. The molecule has 0 amide bonds. The summed E-state index contributed by atoms with van der Waals surface area (Å²) in [6.45, 7) is 0.293. The number of sulfonamides is 1. The maximum atomic E-state index is 12.3.